The lowest BCUT2D eigenvalue weighted by Crippen LogP contribution is -2.58. The number of fused-ring (bicyclic) bond motifs is 2. The Kier molecular flexibility index (Phi) is 5.58. The summed E-state index contributed by atoms with van der Waals surface area (Å²) >= 11 is 1.06. The van der Waals surface area contributed by atoms with Crippen LogP contribution >= 0.6 is 11.8 Å². The third kappa shape index (κ3) is 3.43. The molecule has 2 aromatic carbocycles. The standard InChI is InChI=1S/C21H23FO6S/c1-27-14-4-2-11(3-5-14)6-12-7-15-13(8-16(12)22)10-28-21(15)20(26)19(25)18(24)17(9-23)29-21/h2-5,7-8,17-20,23-26H,6,9-10H2,1H3/t17?,18-,19?,20-,21+/m1/s1. The van der Waals surface area contributed by atoms with E-state index in [-0.39, 0.29) is 12.4 Å². The number of hydrogen-bond donors (Lipinski definition) is 4. The Balaban J connectivity index is 1.71. The Labute approximate surface area is 171 Å². The number of methoxy groups -OCH3 is 1. The van der Waals surface area contributed by atoms with Crippen molar-refractivity contribution in [3.8, 4) is 5.75 Å². The van der Waals surface area contributed by atoms with Crippen molar-refractivity contribution in [2.75, 3.05) is 13.7 Å². The smallest absolute Gasteiger partial charge is 0.168 e. The van der Waals surface area contributed by atoms with Gasteiger partial charge in [0.05, 0.1) is 31.7 Å². The largest absolute Gasteiger partial charge is 0.497 e. The van der Waals surface area contributed by atoms with Crippen LogP contribution in [0, 0.1) is 5.82 Å². The second kappa shape index (κ2) is 7.86. The van der Waals surface area contributed by atoms with Crippen molar-refractivity contribution in [1.29, 1.82) is 0 Å². The molecule has 1 saturated heterocycles. The zero-order valence-corrected chi connectivity index (χ0v) is 16.6. The number of ether oxygens (including phenoxy) is 2. The molecular weight excluding hydrogens is 399 g/mol. The minimum Gasteiger partial charge on any atom is -0.497 e. The van der Waals surface area contributed by atoms with Crippen LogP contribution in [-0.4, -0.2) is 57.7 Å². The van der Waals surface area contributed by atoms with Crippen molar-refractivity contribution in [3.05, 3.63) is 64.5 Å². The minimum absolute atomic E-state index is 0.0695. The molecule has 0 aliphatic carbocycles. The molecule has 5 atom stereocenters. The van der Waals surface area contributed by atoms with E-state index in [4.69, 9.17) is 9.47 Å². The van der Waals surface area contributed by atoms with Gasteiger partial charge in [-0.2, -0.15) is 0 Å². The maximum Gasteiger partial charge on any atom is 0.168 e. The number of halogens is 1. The number of thioether (sulfide) groups is 1. The lowest BCUT2D eigenvalue weighted by molar-refractivity contribution is -0.147. The second-order valence-electron chi connectivity index (χ2n) is 7.35. The van der Waals surface area contributed by atoms with E-state index in [2.05, 4.69) is 0 Å². The Morgan fingerprint density at radius 1 is 1.17 bits per heavy atom. The van der Waals surface area contributed by atoms with E-state index in [1.54, 1.807) is 25.3 Å². The van der Waals surface area contributed by atoms with Gasteiger partial charge in [0.25, 0.3) is 0 Å². The number of aliphatic hydroxyl groups is 4. The molecule has 1 spiro atoms. The van der Waals surface area contributed by atoms with Crippen LogP contribution in [0.1, 0.15) is 22.3 Å². The van der Waals surface area contributed by atoms with Gasteiger partial charge in [0.2, 0.25) is 0 Å². The van der Waals surface area contributed by atoms with Crippen LogP contribution in [0.3, 0.4) is 0 Å². The SMILES string of the molecule is COc1ccc(Cc2cc3c(cc2F)CO[C@]32SC(CO)[C@@H](O)C(O)[C@H]2O)cc1. The summed E-state index contributed by atoms with van der Waals surface area (Å²) < 4.78 is 25.7. The monoisotopic (exact) mass is 422 g/mol. The first kappa shape index (κ1) is 20.6. The van der Waals surface area contributed by atoms with Crippen molar-refractivity contribution in [1.82, 2.24) is 0 Å². The number of aliphatic hydroxyl groups excluding tert-OH is 4. The summed E-state index contributed by atoms with van der Waals surface area (Å²) in [6.07, 6.45) is -3.88. The van der Waals surface area contributed by atoms with Gasteiger partial charge >= 0.3 is 0 Å². The number of hydrogen-bond acceptors (Lipinski definition) is 7. The Bertz CT molecular complexity index is 889. The van der Waals surface area contributed by atoms with E-state index in [0.29, 0.717) is 28.9 Å². The van der Waals surface area contributed by atoms with Crippen LogP contribution in [0.25, 0.3) is 0 Å². The molecule has 6 nitrogen and oxygen atoms in total. The van der Waals surface area contributed by atoms with Gasteiger partial charge in [-0.15, -0.1) is 11.8 Å². The summed E-state index contributed by atoms with van der Waals surface area (Å²) in [4.78, 5) is -1.37. The molecule has 8 heteroatoms. The highest BCUT2D eigenvalue weighted by molar-refractivity contribution is 8.00. The fraction of sp³-hybridized carbons (Fsp3) is 0.429. The number of benzene rings is 2. The highest BCUT2D eigenvalue weighted by Gasteiger charge is 2.57. The molecule has 4 rings (SSSR count). The molecule has 2 heterocycles. The summed E-state index contributed by atoms with van der Waals surface area (Å²) in [6.45, 7) is -0.323. The Morgan fingerprint density at radius 2 is 1.90 bits per heavy atom. The lowest BCUT2D eigenvalue weighted by atomic mass is 9.91. The molecule has 2 aromatic rings. The average molecular weight is 422 g/mol. The van der Waals surface area contributed by atoms with Crippen LogP contribution in [0.4, 0.5) is 4.39 Å². The summed E-state index contributed by atoms with van der Waals surface area (Å²) in [5.74, 6) is 0.328. The van der Waals surface area contributed by atoms with Gasteiger partial charge < -0.3 is 29.9 Å². The maximum absolute atomic E-state index is 14.7. The second-order valence-corrected chi connectivity index (χ2v) is 8.79. The van der Waals surface area contributed by atoms with Crippen LogP contribution < -0.4 is 4.74 Å². The number of rotatable bonds is 4. The first-order chi connectivity index (χ1) is 13.9. The summed E-state index contributed by atoms with van der Waals surface area (Å²) in [6, 6.07) is 10.3. The van der Waals surface area contributed by atoms with Gasteiger partial charge in [-0.3, -0.25) is 0 Å². The zero-order valence-electron chi connectivity index (χ0n) is 15.8. The first-order valence-corrected chi connectivity index (χ1v) is 10.2. The molecule has 156 valence electrons. The summed E-state index contributed by atoms with van der Waals surface area (Å²) in [5.41, 5.74) is 2.45. The molecule has 0 radical (unpaired) electrons. The molecule has 2 aliphatic rings. The highest BCUT2D eigenvalue weighted by Crippen LogP contribution is 2.54. The van der Waals surface area contributed by atoms with Crippen molar-refractivity contribution in [2.24, 2.45) is 0 Å². The van der Waals surface area contributed by atoms with E-state index in [9.17, 15) is 24.8 Å². The average Bonchev–Trinajstić information content (AvgIpc) is 3.08. The quantitative estimate of drug-likeness (QED) is 0.589. The maximum atomic E-state index is 14.7. The normalized spacial score (nSPS) is 31.1. The van der Waals surface area contributed by atoms with Gasteiger partial charge in [0.15, 0.2) is 4.93 Å². The third-order valence-corrected chi connectivity index (χ3v) is 7.25. The van der Waals surface area contributed by atoms with Gasteiger partial charge in [-0.1, -0.05) is 12.1 Å². The predicted octanol–water partition coefficient (Wildman–Crippen LogP) is 1.30. The molecule has 1 fully saturated rings. The molecular formula is C21H23FO6S. The highest BCUT2D eigenvalue weighted by atomic mass is 32.2. The summed E-state index contributed by atoms with van der Waals surface area (Å²) in [5, 5.41) is 40.0. The van der Waals surface area contributed by atoms with Gasteiger partial charge in [0, 0.05) is 12.0 Å². The molecule has 4 N–H and O–H groups in total. The van der Waals surface area contributed by atoms with E-state index in [1.807, 2.05) is 12.1 Å². The van der Waals surface area contributed by atoms with Crippen LogP contribution in [0.2, 0.25) is 0 Å². The van der Waals surface area contributed by atoms with Gasteiger partial charge in [-0.05, 0) is 41.0 Å². The molecule has 0 saturated carbocycles. The predicted molar refractivity (Wildman–Crippen MR) is 105 cm³/mol. The summed E-state index contributed by atoms with van der Waals surface area (Å²) in [7, 11) is 1.58. The molecule has 0 aromatic heterocycles. The molecule has 29 heavy (non-hydrogen) atoms. The molecule has 0 bridgehead atoms. The minimum atomic E-state index is -1.49. The topological polar surface area (TPSA) is 99.4 Å². The van der Waals surface area contributed by atoms with Crippen LogP contribution in [0.5, 0.6) is 5.75 Å². The van der Waals surface area contributed by atoms with Crippen molar-refractivity contribution in [3.63, 3.8) is 0 Å². The van der Waals surface area contributed by atoms with Gasteiger partial charge in [-0.25, -0.2) is 4.39 Å². The lowest BCUT2D eigenvalue weighted by Gasteiger charge is -2.45. The Hall–Kier alpha value is -1.68. The fourth-order valence-electron chi connectivity index (χ4n) is 3.95. The van der Waals surface area contributed by atoms with Crippen molar-refractivity contribution in [2.45, 2.75) is 41.5 Å². The molecule has 0 amide bonds. The Morgan fingerprint density at radius 3 is 2.55 bits per heavy atom. The van der Waals surface area contributed by atoms with Crippen molar-refractivity contribution >= 4 is 11.8 Å². The van der Waals surface area contributed by atoms with E-state index in [1.165, 1.54) is 6.07 Å². The fourth-order valence-corrected chi connectivity index (χ4v) is 5.50. The van der Waals surface area contributed by atoms with Crippen LogP contribution in [0.15, 0.2) is 36.4 Å². The van der Waals surface area contributed by atoms with E-state index < -0.39 is 35.1 Å². The third-order valence-electron chi connectivity index (χ3n) is 5.59. The van der Waals surface area contributed by atoms with Gasteiger partial charge in [0.1, 0.15) is 23.8 Å². The van der Waals surface area contributed by atoms with E-state index >= 15 is 0 Å². The molecule has 2 aliphatic heterocycles. The zero-order chi connectivity index (χ0) is 20.8. The molecule has 2 unspecified atom stereocenters. The van der Waals surface area contributed by atoms with Crippen LogP contribution in [-0.2, 0) is 22.7 Å². The van der Waals surface area contributed by atoms with E-state index in [0.717, 1.165) is 17.3 Å². The first-order valence-electron chi connectivity index (χ1n) is 9.31. The van der Waals surface area contributed by atoms with Crippen molar-refractivity contribution < 1.29 is 34.3 Å².